The third kappa shape index (κ3) is 3.75. The van der Waals surface area contributed by atoms with Crippen molar-refractivity contribution in [2.24, 2.45) is 0 Å². The molecular weight excluding hydrogens is 366 g/mol. The lowest BCUT2D eigenvalue weighted by Crippen LogP contribution is -2.43. The molecule has 0 aliphatic heterocycles. The molecule has 0 saturated heterocycles. The summed E-state index contributed by atoms with van der Waals surface area (Å²) in [4.78, 5) is 39.4. The molecule has 2 aromatic carbocycles. The molecule has 6 nitrogen and oxygen atoms in total. The van der Waals surface area contributed by atoms with Gasteiger partial charge >= 0.3 is 5.69 Å². The standard InChI is InChI=1S/C23H27N3O3/c1-6-11-24-21(27)17(5)25-20-10-7-14(2)12-19(20)22(28)26(23(25)29)18-9-8-15(3)16(4)13-18/h7-10,12-13,17H,6,11H2,1-5H3,(H,24,27). The summed E-state index contributed by atoms with van der Waals surface area (Å²) in [7, 11) is 0. The van der Waals surface area contributed by atoms with Crippen LogP contribution in [0.25, 0.3) is 16.6 Å². The van der Waals surface area contributed by atoms with E-state index in [1.54, 1.807) is 25.1 Å². The number of fused-ring (bicyclic) bond motifs is 1. The first-order valence-corrected chi connectivity index (χ1v) is 9.89. The van der Waals surface area contributed by atoms with Crippen LogP contribution in [0.1, 0.15) is 43.0 Å². The molecule has 152 valence electrons. The van der Waals surface area contributed by atoms with Gasteiger partial charge in [-0.15, -0.1) is 0 Å². The molecule has 0 saturated carbocycles. The summed E-state index contributed by atoms with van der Waals surface area (Å²) in [6, 6.07) is 10.1. The van der Waals surface area contributed by atoms with E-state index in [1.165, 1.54) is 4.57 Å². The number of nitrogens with one attached hydrogen (secondary N) is 1. The summed E-state index contributed by atoms with van der Waals surface area (Å²) >= 11 is 0. The molecule has 0 fully saturated rings. The molecule has 1 N–H and O–H groups in total. The minimum absolute atomic E-state index is 0.249. The first-order chi connectivity index (χ1) is 13.8. The molecule has 0 aliphatic rings. The molecule has 1 unspecified atom stereocenters. The molecule has 1 heterocycles. The van der Waals surface area contributed by atoms with E-state index in [0.717, 1.165) is 27.7 Å². The van der Waals surface area contributed by atoms with Crippen LogP contribution in [0, 0.1) is 20.8 Å². The number of hydrogen-bond acceptors (Lipinski definition) is 3. The van der Waals surface area contributed by atoms with Crippen LogP contribution in [0.15, 0.2) is 46.0 Å². The van der Waals surface area contributed by atoms with Crippen LogP contribution in [0.2, 0.25) is 0 Å². The number of carbonyl (C=O) groups is 1. The van der Waals surface area contributed by atoms with Crippen molar-refractivity contribution in [3.05, 3.63) is 73.9 Å². The second-order valence-corrected chi connectivity index (χ2v) is 7.55. The summed E-state index contributed by atoms with van der Waals surface area (Å²) in [5.74, 6) is -0.249. The number of rotatable bonds is 5. The highest BCUT2D eigenvalue weighted by Crippen LogP contribution is 2.18. The minimum atomic E-state index is -0.752. The van der Waals surface area contributed by atoms with Gasteiger partial charge in [0.05, 0.1) is 16.6 Å². The van der Waals surface area contributed by atoms with E-state index in [0.29, 0.717) is 23.1 Å². The van der Waals surface area contributed by atoms with Gasteiger partial charge in [-0.25, -0.2) is 9.36 Å². The Labute approximate surface area is 169 Å². The molecule has 1 atom stereocenters. The Morgan fingerprint density at radius 2 is 1.76 bits per heavy atom. The van der Waals surface area contributed by atoms with Gasteiger partial charge in [0.2, 0.25) is 5.91 Å². The fourth-order valence-electron chi connectivity index (χ4n) is 3.43. The van der Waals surface area contributed by atoms with Gasteiger partial charge in [0.15, 0.2) is 0 Å². The number of hydrogen-bond donors (Lipinski definition) is 1. The third-order valence-electron chi connectivity index (χ3n) is 5.31. The van der Waals surface area contributed by atoms with Crippen LogP contribution >= 0.6 is 0 Å². The Kier molecular flexibility index (Phi) is 5.73. The zero-order valence-corrected chi connectivity index (χ0v) is 17.6. The molecule has 29 heavy (non-hydrogen) atoms. The predicted molar refractivity (Wildman–Crippen MR) is 116 cm³/mol. The molecule has 1 aromatic heterocycles. The van der Waals surface area contributed by atoms with Crippen LogP contribution in [0.4, 0.5) is 0 Å². The lowest BCUT2D eigenvalue weighted by Gasteiger charge is -2.20. The van der Waals surface area contributed by atoms with Crippen molar-refractivity contribution in [1.82, 2.24) is 14.5 Å². The van der Waals surface area contributed by atoms with Gasteiger partial charge in [0.1, 0.15) is 6.04 Å². The number of aryl methyl sites for hydroxylation is 3. The van der Waals surface area contributed by atoms with Gasteiger partial charge < -0.3 is 5.32 Å². The van der Waals surface area contributed by atoms with Crippen molar-refractivity contribution >= 4 is 16.8 Å². The maximum absolute atomic E-state index is 13.5. The maximum atomic E-state index is 13.5. The van der Waals surface area contributed by atoms with Crippen LogP contribution in [0.5, 0.6) is 0 Å². The fraction of sp³-hybridized carbons (Fsp3) is 0.348. The van der Waals surface area contributed by atoms with E-state index in [1.807, 2.05) is 45.9 Å². The predicted octanol–water partition coefficient (Wildman–Crippen LogP) is 3.16. The smallest absolute Gasteiger partial charge is 0.336 e. The Bertz CT molecular complexity index is 1200. The molecule has 0 radical (unpaired) electrons. The molecule has 3 aromatic rings. The summed E-state index contributed by atoms with van der Waals surface area (Å²) < 4.78 is 2.58. The number of nitrogens with zero attached hydrogens (tertiary/aromatic N) is 2. The third-order valence-corrected chi connectivity index (χ3v) is 5.31. The first-order valence-electron chi connectivity index (χ1n) is 9.89. The maximum Gasteiger partial charge on any atom is 0.336 e. The van der Waals surface area contributed by atoms with E-state index in [2.05, 4.69) is 5.32 Å². The highest BCUT2D eigenvalue weighted by molar-refractivity contribution is 5.84. The van der Waals surface area contributed by atoms with Gasteiger partial charge in [-0.1, -0.05) is 24.6 Å². The average Bonchev–Trinajstić information content (AvgIpc) is 2.69. The van der Waals surface area contributed by atoms with Gasteiger partial charge in [-0.2, -0.15) is 0 Å². The lowest BCUT2D eigenvalue weighted by atomic mass is 10.1. The van der Waals surface area contributed by atoms with E-state index in [9.17, 15) is 14.4 Å². The number of amides is 1. The number of carbonyl (C=O) groups excluding carboxylic acids is 1. The second kappa shape index (κ2) is 8.07. The largest absolute Gasteiger partial charge is 0.354 e. The normalized spacial score (nSPS) is 12.2. The quantitative estimate of drug-likeness (QED) is 0.724. The van der Waals surface area contributed by atoms with Gasteiger partial charge in [0, 0.05) is 6.54 Å². The molecule has 0 spiro atoms. The summed E-state index contributed by atoms with van der Waals surface area (Å²) in [5, 5.41) is 3.25. The summed E-state index contributed by atoms with van der Waals surface area (Å²) in [5.41, 5.74) is 3.04. The minimum Gasteiger partial charge on any atom is -0.354 e. The average molecular weight is 393 g/mol. The molecule has 3 rings (SSSR count). The van der Waals surface area contributed by atoms with Crippen molar-refractivity contribution in [1.29, 1.82) is 0 Å². The fourth-order valence-corrected chi connectivity index (χ4v) is 3.43. The monoisotopic (exact) mass is 393 g/mol. The van der Waals surface area contributed by atoms with Crippen LogP contribution in [-0.4, -0.2) is 21.6 Å². The van der Waals surface area contributed by atoms with Crippen molar-refractivity contribution in [3.63, 3.8) is 0 Å². The molecular formula is C23H27N3O3. The zero-order valence-electron chi connectivity index (χ0n) is 17.6. The van der Waals surface area contributed by atoms with Gasteiger partial charge in [-0.3, -0.25) is 14.2 Å². The Balaban J connectivity index is 2.36. The summed E-state index contributed by atoms with van der Waals surface area (Å²) in [6.07, 6.45) is 0.801. The molecule has 0 aliphatic carbocycles. The van der Waals surface area contributed by atoms with Gasteiger partial charge in [-0.05, 0) is 69.5 Å². The lowest BCUT2D eigenvalue weighted by molar-refractivity contribution is -0.123. The van der Waals surface area contributed by atoms with Crippen LogP contribution < -0.4 is 16.6 Å². The molecule has 6 heteroatoms. The SMILES string of the molecule is CCCNC(=O)C(C)n1c(=O)n(-c2ccc(C)c(C)c2)c(=O)c2cc(C)ccc21. The van der Waals surface area contributed by atoms with Crippen molar-refractivity contribution in [2.75, 3.05) is 6.54 Å². The van der Waals surface area contributed by atoms with Gasteiger partial charge in [0.25, 0.3) is 5.56 Å². The first kappa shape index (κ1) is 20.6. The van der Waals surface area contributed by atoms with E-state index in [-0.39, 0.29) is 11.5 Å². The number of benzene rings is 2. The Morgan fingerprint density at radius 1 is 1.03 bits per heavy atom. The highest BCUT2D eigenvalue weighted by Gasteiger charge is 2.22. The zero-order chi connectivity index (χ0) is 21.3. The molecule has 0 bridgehead atoms. The van der Waals surface area contributed by atoms with Crippen molar-refractivity contribution < 1.29 is 4.79 Å². The second-order valence-electron chi connectivity index (χ2n) is 7.55. The van der Waals surface area contributed by atoms with E-state index < -0.39 is 11.7 Å². The number of aromatic nitrogens is 2. The summed E-state index contributed by atoms with van der Waals surface area (Å²) in [6.45, 7) is 9.99. The molecule has 1 amide bonds. The van der Waals surface area contributed by atoms with Crippen molar-refractivity contribution in [3.8, 4) is 5.69 Å². The Morgan fingerprint density at radius 3 is 2.41 bits per heavy atom. The van der Waals surface area contributed by atoms with Crippen LogP contribution in [0.3, 0.4) is 0 Å². The highest BCUT2D eigenvalue weighted by atomic mass is 16.2. The van der Waals surface area contributed by atoms with E-state index in [4.69, 9.17) is 0 Å². The van der Waals surface area contributed by atoms with Crippen LogP contribution in [-0.2, 0) is 4.79 Å². The van der Waals surface area contributed by atoms with E-state index >= 15 is 0 Å². The Hall–Kier alpha value is -3.15. The van der Waals surface area contributed by atoms with Crippen molar-refractivity contribution in [2.45, 2.75) is 47.1 Å². The topological polar surface area (TPSA) is 73.1 Å².